The van der Waals surface area contributed by atoms with E-state index in [0.717, 1.165) is 27.5 Å². The van der Waals surface area contributed by atoms with Crippen LogP contribution in [0.25, 0.3) is 21.2 Å². The number of hydrogen-bond donors (Lipinski definition) is 3. The first kappa shape index (κ1) is 36.8. The normalized spacial score (nSPS) is 17.3. The van der Waals surface area contributed by atoms with Crippen LogP contribution in [0.2, 0.25) is 0 Å². The van der Waals surface area contributed by atoms with Gasteiger partial charge in [0.15, 0.2) is 5.78 Å². The zero-order chi connectivity index (χ0) is 36.4. The number of azide groups is 1. The Hall–Kier alpha value is -5.51. The molecular weight excluding hydrogens is 644 g/mol. The highest BCUT2D eigenvalue weighted by molar-refractivity contribution is 5.98. The Morgan fingerprint density at radius 1 is 0.706 bits per heavy atom. The summed E-state index contributed by atoms with van der Waals surface area (Å²) in [6.07, 6.45) is 0.772. The second-order valence-electron chi connectivity index (χ2n) is 13.7. The summed E-state index contributed by atoms with van der Waals surface area (Å²) in [5, 5.41) is 14.4. The molecule has 1 heterocycles. The number of fused-ring (bicyclic) bond motifs is 1. The number of carbonyl (C=O) groups is 4. The number of hydrogen-bond acceptors (Lipinski definition) is 6. The molecule has 1 unspecified atom stereocenters. The zero-order valence-electron chi connectivity index (χ0n) is 29.1. The van der Waals surface area contributed by atoms with Gasteiger partial charge in [-0.25, -0.2) is 0 Å². The SMILES string of the molecule is CC(C)C[C@H](NC(=O)[C@H](Cc1ccccc1)NC(=O)[C@H](Cc1ccc2ccccc2c1)NC(=O)C(Cc1ccccc1)N=[N+]=[N-])C(=O)[C@@]1(C)CO1. The molecule has 1 aliphatic rings. The molecule has 51 heavy (non-hydrogen) atoms. The lowest BCUT2D eigenvalue weighted by Crippen LogP contribution is -2.58. The van der Waals surface area contributed by atoms with E-state index >= 15 is 0 Å². The lowest BCUT2D eigenvalue weighted by molar-refractivity contribution is -0.134. The van der Waals surface area contributed by atoms with E-state index in [0.29, 0.717) is 6.42 Å². The summed E-state index contributed by atoms with van der Waals surface area (Å²) < 4.78 is 5.41. The van der Waals surface area contributed by atoms with Gasteiger partial charge < -0.3 is 20.7 Å². The minimum atomic E-state index is -1.14. The van der Waals surface area contributed by atoms with Crippen molar-refractivity contribution in [3.63, 3.8) is 0 Å². The summed E-state index contributed by atoms with van der Waals surface area (Å²) in [6.45, 7) is 5.93. The molecule has 0 aliphatic carbocycles. The van der Waals surface area contributed by atoms with Crippen molar-refractivity contribution in [2.45, 2.75) is 76.2 Å². The topological polar surface area (TPSA) is 166 Å². The molecule has 4 aromatic carbocycles. The molecule has 4 aromatic rings. The van der Waals surface area contributed by atoms with Gasteiger partial charge in [0.25, 0.3) is 0 Å². The quantitative estimate of drug-likeness (QED) is 0.0584. The standard InChI is InChI=1S/C40H44N6O5/c1-26(2)20-32(36(47)40(3)25-51-40)42-37(48)33(22-27-12-6-4-7-13-27)43-38(49)34(24-29-18-19-30-16-10-11-17-31(30)21-29)44-39(50)35(45-46-41)23-28-14-8-5-9-15-28/h4-19,21,26,32-35H,20,22-25H2,1-3H3,(H,42,48)(H,43,49)(H,44,50)/t32-,33-,34-,35?,40+/m0/s1. The largest absolute Gasteiger partial charge is 0.361 e. The van der Waals surface area contributed by atoms with Crippen LogP contribution < -0.4 is 16.0 Å². The molecule has 264 valence electrons. The van der Waals surface area contributed by atoms with E-state index in [9.17, 15) is 24.7 Å². The van der Waals surface area contributed by atoms with Crippen molar-refractivity contribution in [2.24, 2.45) is 11.0 Å². The predicted molar refractivity (Wildman–Crippen MR) is 195 cm³/mol. The van der Waals surface area contributed by atoms with Crippen LogP contribution >= 0.6 is 0 Å². The van der Waals surface area contributed by atoms with Gasteiger partial charge in [-0.15, -0.1) is 0 Å². The summed E-state index contributed by atoms with van der Waals surface area (Å²) >= 11 is 0. The highest BCUT2D eigenvalue weighted by atomic mass is 16.6. The van der Waals surface area contributed by atoms with Crippen LogP contribution in [0, 0.1) is 5.92 Å². The summed E-state index contributed by atoms with van der Waals surface area (Å²) in [7, 11) is 0. The number of amides is 3. The maximum Gasteiger partial charge on any atom is 0.243 e. The molecule has 1 aliphatic heterocycles. The van der Waals surface area contributed by atoms with Crippen molar-refractivity contribution in [1.82, 2.24) is 16.0 Å². The van der Waals surface area contributed by atoms with Gasteiger partial charge in [-0.2, -0.15) is 0 Å². The monoisotopic (exact) mass is 688 g/mol. The molecule has 3 N–H and O–H groups in total. The Kier molecular flexibility index (Phi) is 12.2. The molecule has 0 radical (unpaired) electrons. The maximum atomic E-state index is 14.3. The number of carbonyl (C=O) groups excluding carboxylic acids is 4. The van der Waals surface area contributed by atoms with Gasteiger partial charge >= 0.3 is 0 Å². The average Bonchev–Trinajstić information content (AvgIpc) is 3.88. The van der Waals surface area contributed by atoms with E-state index in [1.807, 2.05) is 117 Å². The number of epoxide rings is 1. The Bertz CT molecular complexity index is 1890. The Morgan fingerprint density at radius 2 is 1.22 bits per heavy atom. The second-order valence-corrected chi connectivity index (χ2v) is 13.7. The van der Waals surface area contributed by atoms with Gasteiger partial charge in [-0.05, 0) is 58.7 Å². The Morgan fingerprint density at radius 3 is 1.78 bits per heavy atom. The fraction of sp³-hybridized carbons (Fsp3) is 0.350. The minimum absolute atomic E-state index is 0.0978. The van der Waals surface area contributed by atoms with Crippen LogP contribution in [0.1, 0.15) is 43.9 Å². The minimum Gasteiger partial charge on any atom is -0.361 e. The number of nitrogens with zero attached hydrogens (tertiary/aromatic N) is 3. The Balaban J connectivity index is 1.42. The maximum absolute atomic E-state index is 14.3. The van der Waals surface area contributed by atoms with Gasteiger partial charge in [0.05, 0.1) is 12.6 Å². The van der Waals surface area contributed by atoms with Gasteiger partial charge in [0.2, 0.25) is 17.7 Å². The molecule has 5 atom stereocenters. The average molecular weight is 689 g/mol. The molecular formula is C40H44N6O5. The molecule has 3 amide bonds. The van der Waals surface area contributed by atoms with E-state index in [1.165, 1.54) is 0 Å². The van der Waals surface area contributed by atoms with Crippen LogP contribution in [0.3, 0.4) is 0 Å². The van der Waals surface area contributed by atoms with E-state index in [4.69, 9.17) is 4.74 Å². The second kappa shape index (κ2) is 16.9. The highest BCUT2D eigenvalue weighted by Gasteiger charge is 2.50. The molecule has 0 bridgehead atoms. The molecule has 5 rings (SSSR count). The van der Waals surface area contributed by atoms with E-state index in [2.05, 4.69) is 26.0 Å². The zero-order valence-corrected chi connectivity index (χ0v) is 29.1. The predicted octanol–water partition coefficient (Wildman–Crippen LogP) is 5.41. The summed E-state index contributed by atoms with van der Waals surface area (Å²) in [5.74, 6) is -1.86. The fourth-order valence-corrected chi connectivity index (χ4v) is 6.09. The Labute approximate surface area is 297 Å². The lowest BCUT2D eigenvalue weighted by Gasteiger charge is -2.27. The highest BCUT2D eigenvalue weighted by Crippen LogP contribution is 2.29. The van der Waals surface area contributed by atoms with Crippen molar-refractivity contribution < 1.29 is 23.9 Å². The number of Topliss-reactive ketones (excluding diaryl/α,β-unsaturated/α-hetero) is 1. The summed E-state index contributed by atoms with van der Waals surface area (Å²) in [5.41, 5.74) is 10.7. The lowest BCUT2D eigenvalue weighted by atomic mass is 9.93. The number of benzene rings is 4. The summed E-state index contributed by atoms with van der Waals surface area (Å²) in [6, 6.07) is 27.8. The molecule has 0 aromatic heterocycles. The van der Waals surface area contributed by atoms with Crippen molar-refractivity contribution in [3.8, 4) is 0 Å². The molecule has 1 fully saturated rings. The van der Waals surface area contributed by atoms with Crippen molar-refractivity contribution in [1.29, 1.82) is 0 Å². The smallest absolute Gasteiger partial charge is 0.243 e. The first-order valence-electron chi connectivity index (χ1n) is 17.2. The van der Waals surface area contributed by atoms with Crippen LogP contribution in [-0.4, -0.2) is 59.9 Å². The number of rotatable bonds is 17. The number of ether oxygens (including phenoxy) is 1. The van der Waals surface area contributed by atoms with Crippen LogP contribution in [0.15, 0.2) is 108 Å². The fourth-order valence-electron chi connectivity index (χ4n) is 6.09. The van der Waals surface area contributed by atoms with Gasteiger partial charge in [-0.1, -0.05) is 122 Å². The van der Waals surface area contributed by atoms with E-state index in [-0.39, 0.29) is 37.6 Å². The third kappa shape index (κ3) is 10.3. The molecule has 1 saturated heterocycles. The first-order chi connectivity index (χ1) is 24.5. The van der Waals surface area contributed by atoms with E-state index in [1.54, 1.807) is 6.92 Å². The number of ketones is 1. The first-order valence-corrected chi connectivity index (χ1v) is 17.2. The summed E-state index contributed by atoms with van der Waals surface area (Å²) in [4.78, 5) is 58.2. The van der Waals surface area contributed by atoms with Crippen molar-refractivity contribution in [2.75, 3.05) is 6.61 Å². The van der Waals surface area contributed by atoms with Crippen molar-refractivity contribution in [3.05, 3.63) is 130 Å². The van der Waals surface area contributed by atoms with Crippen molar-refractivity contribution >= 4 is 34.3 Å². The van der Waals surface area contributed by atoms with Gasteiger partial charge in [-0.3, -0.25) is 19.2 Å². The molecule has 11 heteroatoms. The molecule has 0 spiro atoms. The number of nitrogens with one attached hydrogen (secondary N) is 3. The third-order valence-corrected chi connectivity index (χ3v) is 9.01. The van der Waals surface area contributed by atoms with Crippen LogP contribution in [-0.2, 0) is 43.2 Å². The molecule has 0 saturated carbocycles. The van der Waals surface area contributed by atoms with Crippen LogP contribution in [0.4, 0.5) is 0 Å². The van der Waals surface area contributed by atoms with Gasteiger partial charge in [0, 0.05) is 17.8 Å². The third-order valence-electron chi connectivity index (χ3n) is 9.01. The van der Waals surface area contributed by atoms with Crippen LogP contribution in [0.5, 0.6) is 0 Å². The van der Waals surface area contributed by atoms with Gasteiger partial charge in [0.1, 0.15) is 23.7 Å². The molecule has 11 nitrogen and oxygen atoms in total. The van der Waals surface area contributed by atoms with E-state index < -0.39 is 47.5 Å².